The van der Waals surface area contributed by atoms with E-state index in [1.54, 1.807) is 17.3 Å². The zero-order valence-corrected chi connectivity index (χ0v) is 13.5. The Morgan fingerprint density at radius 1 is 1.42 bits per heavy atom. The fourth-order valence-electron chi connectivity index (χ4n) is 2.07. The Bertz CT molecular complexity index is 456. The zero-order valence-electron chi connectivity index (χ0n) is 11.4. The molecule has 1 aliphatic heterocycles. The van der Waals surface area contributed by atoms with Crippen LogP contribution >= 0.6 is 22.6 Å². The number of hydrogen-bond acceptors (Lipinski definition) is 4. The zero-order chi connectivity index (χ0) is 14.0. The first kappa shape index (κ1) is 14.5. The van der Waals surface area contributed by atoms with Crippen molar-refractivity contribution in [1.29, 1.82) is 0 Å². The van der Waals surface area contributed by atoms with E-state index in [9.17, 15) is 4.79 Å². The summed E-state index contributed by atoms with van der Waals surface area (Å²) in [5, 5.41) is 0. The highest BCUT2D eigenvalue weighted by Crippen LogP contribution is 2.31. The van der Waals surface area contributed by atoms with Gasteiger partial charge in [-0.05, 0) is 56.2 Å². The topological polar surface area (TPSA) is 55.3 Å². The van der Waals surface area contributed by atoms with Gasteiger partial charge in [0.2, 0.25) is 0 Å². The van der Waals surface area contributed by atoms with Crippen LogP contribution in [-0.2, 0) is 4.74 Å². The molecule has 0 saturated carbocycles. The fourth-order valence-corrected chi connectivity index (χ4v) is 2.35. The number of likely N-dealkylation sites (tertiary alicyclic amines) is 1. The fraction of sp³-hybridized carbons (Fsp3) is 0.615. The molecule has 5 nitrogen and oxygen atoms in total. The summed E-state index contributed by atoms with van der Waals surface area (Å²) < 4.78 is 6.42. The Morgan fingerprint density at radius 3 is 2.63 bits per heavy atom. The molecule has 2 heterocycles. The highest BCUT2D eigenvalue weighted by molar-refractivity contribution is 14.1. The van der Waals surface area contributed by atoms with Crippen LogP contribution in [0.15, 0.2) is 12.4 Å². The number of carbonyl (C=O) groups is 1. The number of hydrogen-bond donors (Lipinski definition) is 0. The highest BCUT2D eigenvalue weighted by Gasteiger charge is 2.34. The van der Waals surface area contributed by atoms with Crippen LogP contribution in [0, 0.1) is 3.57 Å². The van der Waals surface area contributed by atoms with Crippen molar-refractivity contribution in [2.75, 3.05) is 6.54 Å². The first-order chi connectivity index (χ1) is 8.87. The average molecular weight is 375 g/mol. The maximum absolute atomic E-state index is 12.2. The van der Waals surface area contributed by atoms with E-state index in [1.807, 2.05) is 20.8 Å². The van der Waals surface area contributed by atoms with Crippen LogP contribution in [-0.4, -0.2) is 33.1 Å². The van der Waals surface area contributed by atoms with Crippen LogP contribution in [0.3, 0.4) is 0 Å². The SMILES string of the molecule is CC(C)(C)OC(=O)N1CCCC1c1ncc(I)cn1. The van der Waals surface area contributed by atoms with Crippen molar-refractivity contribution in [3.63, 3.8) is 0 Å². The van der Waals surface area contributed by atoms with Crippen LogP contribution < -0.4 is 0 Å². The van der Waals surface area contributed by atoms with Gasteiger partial charge in [0, 0.05) is 22.5 Å². The lowest BCUT2D eigenvalue weighted by Gasteiger charge is -2.27. The van der Waals surface area contributed by atoms with E-state index in [0.29, 0.717) is 12.4 Å². The van der Waals surface area contributed by atoms with E-state index in [-0.39, 0.29) is 12.1 Å². The molecule has 6 heteroatoms. The smallest absolute Gasteiger partial charge is 0.410 e. The number of carbonyl (C=O) groups excluding carboxylic acids is 1. The summed E-state index contributed by atoms with van der Waals surface area (Å²) in [6.07, 6.45) is 5.11. The van der Waals surface area contributed by atoms with Crippen LogP contribution in [0.5, 0.6) is 0 Å². The largest absolute Gasteiger partial charge is 0.444 e. The summed E-state index contributed by atoms with van der Waals surface area (Å²) >= 11 is 2.17. The third-order valence-electron chi connectivity index (χ3n) is 2.82. The molecule has 1 aromatic heterocycles. The Balaban J connectivity index is 2.12. The Labute approximate surface area is 126 Å². The molecule has 104 valence electrons. The second-order valence-corrected chi connectivity index (χ2v) is 6.84. The van der Waals surface area contributed by atoms with E-state index in [0.717, 1.165) is 16.4 Å². The second-order valence-electron chi connectivity index (χ2n) is 5.59. The van der Waals surface area contributed by atoms with E-state index in [2.05, 4.69) is 32.6 Å². The molecule has 0 radical (unpaired) electrons. The molecule has 0 N–H and O–H groups in total. The molecule has 0 aromatic carbocycles. The van der Waals surface area contributed by atoms with Gasteiger partial charge >= 0.3 is 6.09 Å². The third kappa shape index (κ3) is 3.77. The third-order valence-corrected chi connectivity index (χ3v) is 3.38. The van der Waals surface area contributed by atoms with Gasteiger partial charge in [-0.25, -0.2) is 14.8 Å². The van der Waals surface area contributed by atoms with Gasteiger partial charge in [0.1, 0.15) is 5.60 Å². The van der Waals surface area contributed by atoms with Crippen molar-refractivity contribution in [2.24, 2.45) is 0 Å². The molecule has 1 aromatic rings. The normalized spacial score (nSPS) is 19.6. The Kier molecular flexibility index (Phi) is 4.27. The molecule has 0 bridgehead atoms. The highest BCUT2D eigenvalue weighted by atomic mass is 127. The van der Waals surface area contributed by atoms with Crippen molar-refractivity contribution < 1.29 is 9.53 Å². The first-order valence-corrected chi connectivity index (χ1v) is 7.42. The Hall–Kier alpha value is -0.920. The predicted octanol–water partition coefficient (Wildman–Crippen LogP) is 3.15. The minimum atomic E-state index is -0.475. The maximum Gasteiger partial charge on any atom is 0.410 e. The maximum atomic E-state index is 12.2. The molecule has 19 heavy (non-hydrogen) atoms. The standard InChI is InChI=1S/C13H18IN3O2/c1-13(2,3)19-12(18)17-6-4-5-10(17)11-15-7-9(14)8-16-11/h7-8,10H,4-6H2,1-3H3. The van der Waals surface area contributed by atoms with Crippen LogP contribution in [0.25, 0.3) is 0 Å². The van der Waals surface area contributed by atoms with Gasteiger partial charge in [-0.15, -0.1) is 0 Å². The van der Waals surface area contributed by atoms with Crippen molar-refractivity contribution in [3.8, 4) is 0 Å². The molecule has 1 aliphatic rings. The van der Waals surface area contributed by atoms with Gasteiger partial charge in [0.15, 0.2) is 5.82 Å². The van der Waals surface area contributed by atoms with Crippen LogP contribution in [0.1, 0.15) is 45.5 Å². The number of ether oxygens (including phenoxy) is 1. The first-order valence-electron chi connectivity index (χ1n) is 6.34. The van der Waals surface area contributed by atoms with Crippen molar-refractivity contribution in [1.82, 2.24) is 14.9 Å². The molecule has 2 rings (SSSR count). The molecule has 0 spiro atoms. The molecular weight excluding hydrogens is 357 g/mol. The molecule has 1 saturated heterocycles. The van der Waals surface area contributed by atoms with Crippen LogP contribution in [0.4, 0.5) is 4.79 Å². The summed E-state index contributed by atoms with van der Waals surface area (Å²) in [6, 6.07) is -0.0631. The van der Waals surface area contributed by atoms with E-state index < -0.39 is 5.60 Å². The van der Waals surface area contributed by atoms with Gasteiger partial charge in [-0.3, -0.25) is 4.90 Å². The molecule has 1 atom stereocenters. The Morgan fingerprint density at radius 2 is 2.05 bits per heavy atom. The summed E-state index contributed by atoms with van der Waals surface area (Å²) in [5.74, 6) is 0.698. The molecule has 1 unspecified atom stereocenters. The monoisotopic (exact) mass is 375 g/mol. The van der Waals surface area contributed by atoms with Gasteiger partial charge in [0.25, 0.3) is 0 Å². The van der Waals surface area contributed by atoms with E-state index in [1.165, 1.54) is 0 Å². The number of nitrogens with zero attached hydrogens (tertiary/aromatic N) is 3. The lowest BCUT2D eigenvalue weighted by Crippen LogP contribution is -2.36. The minimum Gasteiger partial charge on any atom is -0.444 e. The predicted molar refractivity (Wildman–Crippen MR) is 79.7 cm³/mol. The molecule has 1 amide bonds. The number of halogens is 1. The van der Waals surface area contributed by atoms with Gasteiger partial charge in [-0.1, -0.05) is 0 Å². The molecular formula is C13H18IN3O2. The van der Waals surface area contributed by atoms with E-state index >= 15 is 0 Å². The molecule has 1 fully saturated rings. The summed E-state index contributed by atoms with van der Waals surface area (Å²) in [4.78, 5) is 22.5. The summed E-state index contributed by atoms with van der Waals surface area (Å²) in [6.45, 7) is 6.32. The summed E-state index contributed by atoms with van der Waals surface area (Å²) in [5.41, 5.74) is -0.475. The van der Waals surface area contributed by atoms with Gasteiger partial charge in [0.05, 0.1) is 6.04 Å². The van der Waals surface area contributed by atoms with Gasteiger partial charge < -0.3 is 4.74 Å². The molecule has 0 aliphatic carbocycles. The lowest BCUT2D eigenvalue weighted by atomic mass is 10.2. The van der Waals surface area contributed by atoms with Gasteiger partial charge in [-0.2, -0.15) is 0 Å². The van der Waals surface area contributed by atoms with E-state index in [4.69, 9.17) is 4.74 Å². The quantitative estimate of drug-likeness (QED) is 0.708. The number of amides is 1. The van der Waals surface area contributed by atoms with Crippen molar-refractivity contribution >= 4 is 28.7 Å². The minimum absolute atomic E-state index is 0.0631. The average Bonchev–Trinajstić information content (AvgIpc) is 2.76. The van der Waals surface area contributed by atoms with Crippen LogP contribution in [0.2, 0.25) is 0 Å². The second kappa shape index (κ2) is 5.60. The van der Waals surface area contributed by atoms with Crippen molar-refractivity contribution in [3.05, 3.63) is 21.8 Å². The van der Waals surface area contributed by atoms with Crippen molar-refractivity contribution in [2.45, 2.75) is 45.3 Å². The number of rotatable bonds is 1. The number of aromatic nitrogens is 2. The summed E-state index contributed by atoms with van der Waals surface area (Å²) in [7, 11) is 0. The lowest BCUT2D eigenvalue weighted by molar-refractivity contribution is 0.0218.